The number of nitrogens with zero attached hydrogens (tertiary/aromatic N) is 4. The van der Waals surface area contributed by atoms with Crippen LogP contribution in [0.2, 0.25) is 5.02 Å². The van der Waals surface area contributed by atoms with Crippen molar-refractivity contribution in [2.24, 2.45) is 0 Å². The molecule has 3 aromatic carbocycles. The minimum atomic E-state index is -1.05. The summed E-state index contributed by atoms with van der Waals surface area (Å²) in [5.74, 6) is 0. The minimum Gasteiger partial charge on any atom is -0.384 e. The summed E-state index contributed by atoms with van der Waals surface area (Å²) < 4.78 is 0. The zero-order valence-electron chi connectivity index (χ0n) is 18.4. The average molecular weight is 457 g/mol. The lowest BCUT2D eigenvalue weighted by Gasteiger charge is -2.45. The van der Waals surface area contributed by atoms with Crippen molar-refractivity contribution in [3.63, 3.8) is 0 Å². The molecule has 0 bridgehead atoms. The molecule has 0 saturated carbocycles. The van der Waals surface area contributed by atoms with Crippen molar-refractivity contribution in [2.45, 2.75) is 18.6 Å². The van der Waals surface area contributed by atoms with Gasteiger partial charge in [-0.2, -0.15) is 10.5 Å². The van der Waals surface area contributed by atoms with Crippen LogP contribution in [0, 0.1) is 22.7 Å². The van der Waals surface area contributed by atoms with Crippen molar-refractivity contribution in [1.29, 1.82) is 10.5 Å². The van der Waals surface area contributed by atoms with Crippen LogP contribution in [-0.4, -0.2) is 36.2 Å². The molecule has 3 aromatic rings. The topological polar surface area (TPSA) is 74.3 Å². The Balaban J connectivity index is 1.59. The molecule has 166 valence electrons. The van der Waals surface area contributed by atoms with Gasteiger partial charge in [-0.1, -0.05) is 54.1 Å². The first-order chi connectivity index (χ1) is 15.9. The Kier molecular flexibility index (Phi) is 6.67. The number of nitriles is 2. The highest BCUT2D eigenvalue weighted by Crippen LogP contribution is 2.36. The second-order valence-electron chi connectivity index (χ2n) is 8.60. The normalized spacial score (nSPS) is 18.2. The van der Waals surface area contributed by atoms with Gasteiger partial charge in [-0.05, 0) is 48.4 Å². The Hall–Kier alpha value is -3.35. The van der Waals surface area contributed by atoms with E-state index in [1.54, 1.807) is 24.3 Å². The second-order valence-corrected chi connectivity index (χ2v) is 9.00. The molecule has 1 N–H and O–H groups in total. The van der Waals surface area contributed by atoms with E-state index in [4.69, 9.17) is 16.9 Å². The van der Waals surface area contributed by atoms with Crippen LogP contribution in [-0.2, 0) is 5.60 Å². The molecule has 4 rings (SSSR count). The molecular formula is C27H25ClN4O. The third-order valence-corrected chi connectivity index (χ3v) is 6.51. The van der Waals surface area contributed by atoms with Crippen LogP contribution >= 0.6 is 11.6 Å². The highest BCUT2D eigenvalue weighted by atomic mass is 35.5. The molecule has 0 radical (unpaired) electrons. The van der Waals surface area contributed by atoms with Gasteiger partial charge in [0, 0.05) is 26.2 Å². The molecule has 1 aliphatic heterocycles. The number of hydrogen-bond donors (Lipinski definition) is 1. The Labute approximate surface area is 199 Å². The number of halogens is 1. The van der Waals surface area contributed by atoms with Gasteiger partial charge in [0.15, 0.2) is 0 Å². The van der Waals surface area contributed by atoms with Crippen LogP contribution in [0.25, 0.3) is 0 Å². The largest absolute Gasteiger partial charge is 0.384 e. The fraction of sp³-hybridized carbons (Fsp3) is 0.259. The Morgan fingerprint density at radius 1 is 0.970 bits per heavy atom. The van der Waals surface area contributed by atoms with Gasteiger partial charge in [0.2, 0.25) is 0 Å². The van der Waals surface area contributed by atoms with Crippen molar-refractivity contribution in [3.8, 4) is 12.1 Å². The zero-order chi connectivity index (χ0) is 23.4. The molecule has 6 heteroatoms. The van der Waals surface area contributed by atoms with Gasteiger partial charge >= 0.3 is 0 Å². The van der Waals surface area contributed by atoms with Gasteiger partial charge in [0.25, 0.3) is 0 Å². The molecule has 5 nitrogen and oxygen atoms in total. The van der Waals surface area contributed by atoms with E-state index in [2.05, 4.69) is 34.1 Å². The standard InChI is InChI=1S/C27H25ClN4O/c1-27(33,23-10-7-20(16-29)8-11-23)19-31-13-14-32(25-12-9-21(17-30)15-24(25)28)26(18-31)22-5-3-2-4-6-22/h2-12,15,26,33H,13-14,18-19H2,1H3/t26-,27+/m0/s1. The molecule has 33 heavy (non-hydrogen) atoms. The molecule has 0 amide bonds. The van der Waals surface area contributed by atoms with Crippen LogP contribution in [0.15, 0.2) is 72.8 Å². The van der Waals surface area contributed by atoms with Crippen molar-refractivity contribution >= 4 is 17.3 Å². The smallest absolute Gasteiger partial charge is 0.0994 e. The first-order valence-corrected chi connectivity index (χ1v) is 11.3. The van der Waals surface area contributed by atoms with Crippen LogP contribution in [0.1, 0.15) is 35.2 Å². The molecule has 1 saturated heterocycles. The van der Waals surface area contributed by atoms with Gasteiger partial charge in [0.05, 0.1) is 45.6 Å². The van der Waals surface area contributed by atoms with E-state index in [9.17, 15) is 10.4 Å². The average Bonchev–Trinajstić information content (AvgIpc) is 2.84. The number of β-amino-alcohol motifs (C(OH)–C–C–N with tert-alkyl or cyclic N) is 1. The maximum Gasteiger partial charge on any atom is 0.0994 e. The monoisotopic (exact) mass is 456 g/mol. The van der Waals surface area contributed by atoms with Crippen LogP contribution in [0.3, 0.4) is 0 Å². The molecule has 1 aliphatic rings. The Morgan fingerprint density at radius 3 is 2.27 bits per heavy atom. The van der Waals surface area contributed by atoms with E-state index in [1.165, 1.54) is 5.56 Å². The number of piperazine rings is 1. The molecule has 1 heterocycles. The second kappa shape index (κ2) is 9.65. The van der Waals surface area contributed by atoms with Gasteiger partial charge < -0.3 is 10.0 Å². The molecule has 1 fully saturated rings. The third kappa shape index (κ3) is 5.02. The maximum atomic E-state index is 11.3. The summed E-state index contributed by atoms with van der Waals surface area (Å²) in [6.07, 6.45) is 0. The van der Waals surface area contributed by atoms with E-state index >= 15 is 0 Å². The number of benzene rings is 3. The molecule has 2 atom stereocenters. The van der Waals surface area contributed by atoms with Gasteiger partial charge in [-0.25, -0.2) is 0 Å². The summed E-state index contributed by atoms with van der Waals surface area (Å²) in [4.78, 5) is 4.55. The minimum absolute atomic E-state index is 0.0437. The number of rotatable bonds is 5. The summed E-state index contributed by atoms with van der Waals surface area (Å²) in [5, 5.41) is 30.1. The van der Waals surface area contributed by atoms with Crippen LogP contribution < -0.4 is 4.90 Å². The summed E-state index contributed by atoms with van der Waals surface area (Å²) in [6.45, 7) is 4.49. The summed E-state index contributed by atoms with van der Waals surface area (Å²) >= 11 is 6.57. The van der Waals surface area contributed by atoms with Crippen molar-refractivity contribution in [1.82, 2.24) is 4.90 Å². The number of aliphatic hydroxyl groups is 1. The summed E-state index contributed by atoms with van der Waals surface area (Å²) in [5.41, 5.74) is 2.92. The summed E-state index contributed by atoms with van der Waals surface area (Å²) in [7, 11) is 0. The predicted octanol–water partition coefficient (Wildman–Crippen LogP) is 4.85. The molecule has 0 spiro atoms. The Bertz CT molecular complexity index is 1200. The molecule has 0 unspecified atom stereocenters. The van der Waals surface area contributed by atoms with Crippen molar-refractivity contribution < 1.29 is 5.11 Å². The maximum absolute atomic E-state index is 11.3. The zero-order valence-corrected chi connectivity index (χ0v) is 19.2. The van der Waals surface area contributed by atoms with Gasteiger partial charge in [-0.3, -0.25) is 4.90 Å². The lowest BCUT2D eigenvalue weighted by atomic mass is 9.93. The van der Waals surface area contributed by atoms with E-state index in [1.807, 2.05) is 43.3 Å². The predicted molar refractivity (Wildman–Crippen MR) is 130 cm³/mol. The fourth-order valence-electron chi connectivity index (χ4n) is 4.47. The van der Waals surface area contributed by atoms with Crippen LogP contribution in [0.5, 0.6) is 0 Å². The van der Waals surface area contributed by atoms with Gasteiger partial charge in [-0.15, -0.1) is 0 Å². The molecular weight excluding hydrogens is 432 g/mol. The van der Waals surface area contributed by atoms with E-state index in [0.717, 1.165) is 24.3 Å². The lowest BCUT2D eigenvalue weighted by Crippen LogP contribution is -2.52. The number of anilines is 1. The Morgan fingerprint density at radius 2 is 1.64 bits per heavy atom. The molecule has 0 aliphatic carbocycles. The highest BCUT2D eigenvalue weighted by molar-refractivity contribution is 6.33. The lowest BCUT2D eigenvalue weighted by molar-refractivity contribution is 0.0103. The van der Waals surface area contributed by atoms with Crippen molar-refractivity contribution in [2.75, 3.05) is 31.1 Å². The fourth-order valence-corrected chi connectivity index (χ4v) is 4.76. The van der Waals surface area contributed by atoms with Crippen LogP contribution in [0.4, 0.5) is 5.69 Å². The number of hydrogen-bond acceptors (Lipinski definition) is 5. The van der Waals surface area contributed by atoms with E-state index < -0.39 is 5.60 Å². The van der Waals surface area contributed by atoms with E-state index in [0.29, 0.717) is 29.2 Å². The SMILES string of the molecule is C[C@@](O)(CN1CCN(c2ccc(C#N)cc2Cl)[C@H](c2ccccc2)C1)c1ccc(C#N)cc1. The quantitative estimate of drug-likeness (QED) is 0.593. The summed E-state index contributed by atoms with van der Waals surface area (Å²) in [6, 6.07) is 27.1. The van der Waals surface area contributed by atoms with Gasteiger partial charge in [0.1, 0.15) is 0 Å². The first kappa shape index (κ1) is 22.8. The van der Waals surface area contributed by atoms with E-state index in [-0.39, 0.29) is 6.04 Å². The first-order valence-electron chi connectivity index (χ1n) is 10.9. The molecule has 0 aromatic heterocycles. The van der Waals surface area contributed by atoms with Crippen molar-refractivity contribution in [3.05, 3.63) is 100 Å². The highest BCUT2D eigenvalue weighted by Gasteiger charge is 2.34. The third-order valence-electron chi connectivity index (χ3n) is 6.20.